The molecule has 1 aromatic carbocycles. The van der Waals surface area contributed by atoms with Crippen LogP contribution in [0.25, 0.3) is 16.7 Å². The Hall–Kier alpha value is -2.21. The van der Waals surface area contributed by atoms with Crippen molar-refractivity contribution in [2.45, 2.75) is 0 Å². The van der Waals surface area contributed by atoms with Crippen molar-refractivity contribution in [2.75, 3.05) is 0 Å². The maximum atomic E-state index is 10.8. The summed E-state index contributed by atoms with van der Waals surface area (Å²) in [5.41, 5.74) is 2.50. The molecule has 0 unspecified atom stereocenters. The summed E-state index contributed by atoms with van der Waals surface area (Å²) in [4.78, 5) is 5.61. The van der Waals surface area contributed by atoms with Gasteiger partial charge in [0.1, 0.15) is 0 Å². The minimum Gasteiger partial charge on any atom is -0.327 e. The lowest BCUT2D eigenvalue weighted by molar-refractivity contribution is 0.623. The van der Waals surface area contributed by atoms with Gasteiger partial charge in [0.05, 0.1) is 11.0 Å². The fourth-order valence-corrected chi connectivity index (χ4v) is 2.16. The lowest BCUT2D eigenvalue weighted by Crippen LogP contribution is -1.88. The SMILES string of the molecule is O=S(=O)=c1[nH]c2ccc(-n3cccc3)cc2[nH]1. The molecule has 0 amide bonds. The maximum absolute atomic E-state index is 10.8. The Morgan fingerprint density at radius 2 is 1.71 bits per heavy atom. The van der Waals surface area contributed by atoms with Crippen molar-refractivity contribution in [3.05, 3.63) is 47.5 Å². The van der Waals surface area contributed by atoms with E-state index in [1.54, 1.807) is 0 Å². The number of nitrogens with one attached hydrogen (secondary N) is 2. The van der Waals surface area contributed by atoms with Gasteiger partial charge in [0.25, 0.3) is 10.3 Å². The summed E-state index contributed by atoms with van der Waals surface area (Å²) in [6.07, 6.45) is 3.86. The first kappa shape index (κ1) is 9.98. The molecule has 6 heteroatoms. The molecule has 5 nitrogen and oxygen atoms in total. The van der Waals surface area contributed by atoms with Crippen LogP contribution in [-0.4, -0.2) is 23.0 Å². The summed E-state index contributed by atoms with van der Waals surface area (Å²) >= 11 is 0. The molecule has 0 atom stereocenters. The van der Waals surface area contributed by atoms with Crippen molar-refractivity contribution in [3.8, 4) is 5.69 Å². The van der Waals surface area contributed by atoms with E-state index in [0.29, 0.717) is 0 Å². The molecule has 0 fully saturated rings. The minimum atomic E-state index is -2.27. The number of rotatable bonds is 1. The highest BCUT2D eigenvalue weighted by molar-refractivity contribution is 7.63. The van der Waals surface area contributed by atoms with Gasteiger partial charge in [0, 0.05) is 18.1 Å². The monoisotopic (exact) mass is 247 g/mol. The number of nitrogens with zero attached hydrogens (tertiary/aromatic N) is 1. The third-order valence-corrected chi connectivity index (χ3v) is 3.11. The lowest BCUT2D eigenvalue weighted by atomic mass is 10.3. The van der Waals surface area contributed by atoms with Crippen LogP contribution < -0.4 is 0 Å². The van der Waals surface area contributed by atoms with E-state index >= 15 is 0 Å². The molecule has 0 radical (unpaired) electrons. The quantitative estimate of drug-likeness (QED) is 0.642. The van der Waals surface area contributed by atoms with Gasteiger partial charge < -0.3 is 14.5 Å². The summed E-state index contributed by atoms with van der Waals surface area (Å²) in [5.74, 6) is 0. The Morgan fingerprint density at radius 1 is 1.00 bits per heavy atom. The predicted octanol–water partition coefficient (Wildman–Crippen LogP) is 1.70. The Bertz CT molecular complexity index is 830. The number of hydrogen-bond acceptors (Lipinski definition) is 2. The third kappa shape index (κ3) is 1.68. The second-order valence-electron chi connectivity index (χ2n) is 3.63. The molecule has 2 aromatic heterocycles. The van der Waals surface area contributed by atoms with Crippen LogP contribution in [0.4, 0.5) is 0 Å². The maximum Gasteiger partial charge on any atom is 0.256 e. The van der Waals surface area contributed by atoms with E-state index in [2.05, 4.69) is 9.97 Å². The average molecular weight is 247 g/mol. The molecule has 0 aliphatic heterocycles. The van der Waals surface area contributed by atoms with Crippen molar-refractivity contribution in [1.29, 1.82) is 0 Å². The van der Waals surface area contributed by atoms with Crippen LogP contribution in [0.1, 0.15) is 0 Å². The molecule has 3 aromatic rings. The van der Waals surface area contributed by atoms with Gasteiger partial charge in [-0.15, -0.1) is 0 Å². The van der Waals surface area contributed by atoms with Crippen molar-refractivity contribution in [1.82, 2.24) is 14.5 Å². The molecule has 2 N–H and O–H groups in total. The molecular formula is C11H9N3O2S. The van der Waals surface area contributed by atoms with Gasteiger partial charge >= 0.3 is 0 Å². The number of H-pyrrole nitrogens is 2. The molecule has 0 aliphatic carbocycles. The highest BCUT2D eigenvalue weighted by Gasteiger charge is 2.00. The zero-order chi connectivity index (χ0) is 11.8. The number of imidazole rings is 1. The van der Waals surface area contributed by atoms with Gasteiger partial charge in [-0.2, -0.15) is 8.42 Å². The van der Waals surface area contributed by atoms with Crippen LogP contribution in [0.5, 0.6) is 0 Å². The van der Waals surface area contributed by atoms with E-state index in [-0.39, 0.29) is 4.77 Å². The van der Waals surface area contributed by atoms with Crippen LogP contribution in [0.15, 0.2) is 42.7 Å². The number of aromatic nitrogens is 3. The zero-order valence-corrected chi connectivity index (χ0v) is 9.53. The summed E-state index contributed by atoms with van der Waals surface area (Å²) in [6, 6.07) is 9.52. The first-order valence-electron chi connectivity index (χ1n) is 5.02. The molecule has 0 saturated heterocycles. The van der Waals surface area contributed by atoms with E-state index in [4.69, 9.17) is 0 Å². The van der Waals surface area contributed by atoms with Gasteiger partial charge in [0.15, 0.2) is 0 Å². The predicted molar refractivity (Wildman–Crippen MR) is 64.1 cm³/mol. The molecule has 2 heterocycles. The Labute approximate surface area is 97.9 Å². The average Bonchev–Trinajstić information content (AvgIpc) is 2.97. The van der Waals surface area contributed by atoms with E-state index in [1.807, 2.05) is 47.3 Å². The Balaban J connectivity index is 2.30. The molecule has 3 rings (SSSR count). The molecule has 0 bridgehead atoms. The molecule has 0 saturated carbocycles. The van der Waals surface area contributed by atoms with Gasteiger partial charge in [0.2, 0.25) is 4.77 Å². The number of fused-ring (bicyclic) bond motifs is 1. The van der Waals surface area contributed by atoms with Gasteiger partial charge in [-0.1, -0.05) is 0 Å². The van der Waals surface area contributed by atoms with Crippen LogP contribution in [0.2, 0.25) is 0 Å². The van der Waals surface area contributed by atoms with Gasteiger partial charge in [-0.3, -0.25) is 0 Å². The summed E-state index contributed by atoms with van der Waals surface area (Å²) < 4.78 is 23.7. The normalized spacial score (nSPS) is 10.8. The number of benzene rings is 1. The second kappa shape index (κ2) is 3.67. The van der Waals surface area contributed by atoms with Gasteiger partial charge in [-0.05, 0) is 30.3 Å². The summed E-state index contributed by atoms with van der Waals surface area (Å²) in [6.45, 7) is 0. The lowest BCUT2D eigenvalue weighted by Gasteiger charge is -2.01. The van der Waals surface area contributed by atoms with Crippen molar-refractivity contribution >= 4 is 21.3 Å². The largest absolute Gasteiger partial charge is 0.327 e. The first-order valence-corrected chi connectivity index (χ1v) is 6.09. The van der Waals surface area contributed by atoms with E-state index < -0.39 is 10.3 Å². The van der Waals surface area contributed by atoms with E-state index in [1.165, 1.54) is 0 Å². The fraction of sp³-hybridized carbons (Fsp3) is 0. The van der Waals surface area contributed by atoms with Crippen LogP contribution in [0, 0.1) is 4.77 Å². The standard InChI is InChI=1S/C11H9N3O2S/c15-17(16)11-12-9-4-3-8(7-10(9)13-11)14-5-1-2-6-14/h1-7,12-13H. The topological polar surface area (TPSA) is 70.7 Å². The van der Waals surface area contributed by atoms with Crippen molar-refractivity contribution < 1.29 is 8.42 Å². The van der Waals surface area contributed by atoms with Gasteiger partial charge in [-0.25, -0.2) is 0 Å². The van der Waals surface area contributed by atoms with E-state index in [0.717, 1.165) is 16.7 Å². The van der Waals surface area contributed by atoms with E-state index in [9.17, 15) is 8.42 Å². The molecule has 0 aliphatic rings. The van der Waals surface area contributed by atoms with Crippen molar-refractivity contribution in [3.63, 3.8) is 0 Å². The third-order valence-electron chi connectivity index (χ3n) is 2.57. The summed E-state index contributed by atoms with van der Waals surface area (Å²) in [5, 5.41) is 0. The van der Waals surface area contributed by atoms with Crippen molar-refractivity contribution in [2.24, 2.45) is 0 Å². The highest BCUT2D eigenvalue weighted by atomic mass is 32.2. The van der Waals surface area contributed by atoms with Crippen LogP contribution >= 0.6 is 0 Å². The second-order valence-corrected chi connectivity index (χ2v) is 4.51. The molecule has 86 valence electrons. The Kier molecular flexibility index (Phi) is 2.15. The fourth-order valence-electron chi connectivity index (χ4n) is 1.77. The van der Waals surface area contributed by atoms with Crippen LogP contribution in [0.3, 0.4) is 0 Å². The molecule has 0 spiro atoms. The molecular weight excluding hydrogens is 238 g/mol. The highest BCUT2D eigenvalue weighted by Crippen LogP contribution is 2.15. The number of aromatic amines is 2. The number of hydrogen-bond donors (Lipinski definition) is 2. The minimum absolute atomic E-state index is 0.0876. The first-order chi connectivity index (χ1) is 8.24. The zero-order valence-electron chi connectivity index (χ0n) is 8.71. The Morgan fingerprint density at radius 3 is 2.41 bits per heavy atom. The summed E-state index contributed by atoms with van der Waals surface area (Å²) in [7, 11) is -2.27. The smallest absolute Gasteiger partial charge is 0.256 e. The van der Waals surface area contributed by atoms with Crippen LogP contribution in [-0.2, 0) is 10.3 Å². The molecule has 17 heavy (non-hydrogen) atoms.